The molecule has 0 spiro atoms. The molecule has 0 radical (unpaired) electrons. The van der Waals surface area contributed by atoms with Gasteiger partial charge in [-0.2, -0.15) is 0 Å². The summed E-state index contributed by atoms with van der Waals surface area (Å²) >= 11 is 1.11. The second kappa shape index (κ2) is 6.06. The van der Waals surface area contributed by atoms with E-state index >= 15 is 0 Å². The van der Waals surface area contributed by atoms with E-state index in [9.17, 15) is 14.0 Å². The lowest BCUT2D eigenvalue weighted by atomic mass is 10.1. The van der Waals surface area contributed by atoms with Crippen LogP contribution in [0.25, 0.3) is 0 Å². The molecule has 1 aromatic rings. The molecule has 0 bridgehead atoms. The minimum atomic E-state index is -0.465. The van der Waals surface area contributed by atoms with Gasteiger partial charge in [0, 0.05) is 11.8 Å². The Morgan fingerprint density at radius 2 is 2.42 bits per heavy atom. The maximum atomic E-state index is 13.0. The van der Waals surface area contributed by atoms with Crippen molar-refractivity contribution in [3.8, 4) is 0 Å². The maximum absolute atomic E-state index is 13.0. The van der Waals surface area contributed by atoms with Crippen LogP contribution in [0.2, 0.25) is 0 Å². The van der Waals surface area contributed by atoms with Gasteiger partial charge in [-0.1, -0.05) is 23.9 Å². The largest absolute Gasteiger partial charge is 0.352 e. The summed E-state index contributed by atoms with van der Waals surface area (Å²) in [6.45, 7) is 1.85. The molecule has 4 nitrogen and oxygen atoms in total. The van der Waals surface area contributed by atoms with Crippen molar-refractivity contribution in [2.24, 2.45) is 0 Å². The Balaban J connectivity index is 1.85. The second-order valence-electron chi connectivity index (χ2n) is 4.54. The van der Waals surface area contributed by atoms with Crippen LogP contribution in [-0.2, 0) is 11.2 Å². The molecule has 0 saturated carbocycles. The number of carbonyl (C=O) groups excluding carboxylic acids is 2. The molecule has 2 N–H and O–H groups in total. The topological polar surface area (TPSA) is 58.2 Å². The van der Waals surface area contributed by atoms with Gasteiger partial charge in [0.05, 0.1) is 0 Å². The summed E-state index contributed by atoms with van der Waals surface area (Å²) in [4.78, 5) is 22.8. The highest BCUT2D eigenvalue weighted by Crippen LogP contribution is 2.13. The molecule has 2 atom stereocenters. The predicted molar refractivity (Wildman–Crippen MR) is 72.5 cm³/mol. The van der Waals surface area contributed by atoms with Crippen molar-refractivity contribution in [1.29, 1.82) is 0 Å². The number of hydrogen-bond acceptors (Lipinski definition) is 3. The molecule has 1 aliphatic rings. The molecule has 6 heteroatoms. The SMILES string of the molecule is CC(Cc1cccc(F)c1)NC(=O)C1CSC(=O)N1. The Morgan fingerprint density at radius 1 is 1.63 bits per heavy atom. The first-order chi connectivity index (χ1) is 9.04. The third-order valence-electron chi connectivity index (χ3n) is 2.81. The zero-order valence-electron chi connectivity index (χ0n) is 10.5. The van der Waals surface area contributed by atoms with E-state index in [2.05, 4.69) is 10.6 Å². The Morgan fingerprint density at radius 3 is 3.05 bits per heavy atom. The molecular weight excluding hydrogens is 267 g/mol. The second-order valence-corrected chi connectivity index (χ2v) is 5.53. The Kier molecular flexibility index (Phi) is 4.42. The maximum Gasteiger partial charge on any atom is 0.279 e. The molecular formula is C13H15FN2O2S. The summed E-state index contributed by atoms with van der Waals surface area (Å²) in [5, 5.41) is 5.24. The van der Waals surface area contributed by atoms with Crippen molar-refractivity contribution in [2.75, 3.05) is 5.75 Å². The van der Waals surface area contributed by atoms with Crippen LogP contribution in [0.1, 0.15) is 12.5 Å². The average Bonchev–Trinajstić information content (AvgIpc) is 2.75. The molecule has 0 aromatic heterocycles. The molecule has 1 fully saturated rings. The van der Waals surface area contributed by atoms with Gasteiger partial charge in [-0.3, -0.25) is 9.59 Å². The minimum absolute atomic E-state index is 0.114. The smallest absolute Gasteiger partial charge is 0.279 e. The fourth-order valence-electron chi connectivity index (χ4n) is 1.94. The van der Waals surface area contributed by atoms with Crippen molar-refractivity contribution in [3.63, 3.8) is 0 Å². The van der Waals surface area contributed by atoms with Gasteiger partial charge in [-0.05, 0) is 31.0 Å². The highest BCUT2D eigenvalue weighted by atomic mass is 32.2. The molecule has 1 aromatic carbocycles. The van der Waals surface area contributed by atoms with E-state index in [0.29, 0.717) is 12.2 Å². The van der Waals surface area contributed by atoms with Crippen molar-refractivity contribution in [3.05, 3.63) is 35.6 Å². The lowest BCUT2D eigenvalue weighted by molar-refractivity contribution is -0.122. The van der Waals surface area contributed by atoms with Crippen molar-refractivity contribution in [2.45, 2.75) is 25.4 Å². The minimum Gasteiger partial charge on any atom is -0.352 e. The first-order valence-corrected chi connectivity index (χ1v) is 7.01. The highest BCUT2D eigenvalue weighted by molar-refractivity contribution is 8.14. The zero-order valence-corrected chi connectivity index (χ0v) is 11.3. The van der Waals surface area contributed by atoms with Crippen LogP contribution in [0.4, 0.5) is 9.18 Å². The average molecular weight is 282 g/mol. The lowest BCUT2D eigenvalue weighted by Crippen LogP contribution is -2.46. The van der Waals surface area contributed by atoms with E-state index in [1.807, 2.05) is 13.0 Å². The molecule has 1 heterocycles. The Hall–Kier alpha value is -1.56. The van der Waals surface area contributed by atoms with E-state index in [-0.39, 0.29) is 23.0 Å². The normalized spacial score (nSPS) is 19.9. The van der Waals surface area contributed by atoms with Crippen molar-refractivity contribution in [1.82, 2.24) is 10.6 Å². The van der Waals surface area contributed by atoms with Gasteiger partial charge in [0.25, 0.3) is 5.24 Å². The van der Waals surface area contributed by atoms with Gasteiger partial charge in [-0.25, -0.2) is 4.39 Å². The molecule has 102 valence electrons. The van der Waals surface area contributed by atoms with Crippen LogP contribution in [0.3, 0.4) is 0 Å². The van der Waals surface area contributed by atoms with Crippen LogP contribution >= 0.6 is 11.8 Å². The first-order valence-electron chi connectivity index (χ1n) is 6.02. The van der Waals surface area contributed by atoms with Gasteiger partial charge < -0.3 is 10.6 Å². The number of carbonyl (C=O) groups is 2. The van der Waals surface area contributed by atoms with Crippen LogP contribution in [-0.4, -0.2) is 29.0 Å². The number of amides is 2. The quantitative estimate of drug-likeness (QED) is 0.883. The monoisotopic (exact) mass is 282 g/mol. The summed E-state index contributed by atoms with van der Waals surface area (Å²) in [6, 6.07) is 5.73. The highest BCUT2D eigenvalue weighted by Gasteiger charge is 2.28. The van der Waals surface area contributed by atoms with Crippen LogP contribution < -0.4 is 10.6 Å². The molecule has 0 aliphatic carbocycles. The van der Waals surface area contributed by atoms with Crippen molar-refractivity contribution >= 4 is 22.9 Å². The van der Waals surface area contributed by atoms with E-state index in [0.717, 1.165) is 17.3 Å². The lowest BCUT2D eigenvalue weighted by Gasteiger charge is -2.16. The van der Waals surface area contributed by atoms with Gasteiger partial charge in [0.2, 0.25) is 5.91 Å². The van der Waals surface area contributed by atoms with Crippen molar-refractivity contribution < 1.29 is 14.0 Å². The van der Waals surface area contributed by atoms with Crippen LogP contribution in [0.5, 0.6) is 0 Å². The number of nitrogens with one attached hydrogen (secondary N) is 2. The Bertz CT molecular complexity index is 495. The number of halogens is 1. The van der Waals surface area contributed by atoms with E-state index < -0.39 is 6.04 Å². The summed E-state index contributed by atoms with van der Waals surface area (Å²) in [5.41, 5.74) is 0.831. The third-order valence-corrected chi connectivity index (χ3v) is 3.69. The summed E-state index contributed by atoms with van der Waals surface area (Å²) < 4.78 is 13.0. The van der Waals surface area contributed by atoms with Crippen LogP contribution in [0.15, 0.2) is 24.3 Å². The summed E-state index contributed by atoms with van der Waals surface area (Å²) in [7, 11) is 0. The molecule has 2 unspecified atom stereocenters. The van der Waals surface area contributed by atoms with E-state index in [4.69, 9.17) is 0 Å². The molecule has 1 saturated heterocycles. The fourth-order valence-corrected chi connectivity index (χ4v) is 2.72. The molecule has 2 amide bonds. The number of benzene rings is 1. The van der Waals surface area contributed by atoms with Gasteiger partial charge in [-0.15, -0.1) is 0 Å². The standard InChI is InChI=1S/C13H15FN2O2S/c1-8(5-9-3-2-4-10(14)6-9)15-12(17)11-7-19-13(18)16-11/h2-4,6,8,11H,5,7H2,1H3,(H,15,17)(H,16,18). The first kappa shape index (κ1) is 13.9. The predicted octanol–water partition coefficient (Wildman–Crippen LogP) is 1.70. The zero-order chi connectivity index (χ0) is 13.8. The molecule has 2 rings (SSSR count). The number of hydrogen-bond donors (Lipinski definition) is 2. The summed E-state index contributed by atoms with van der Waals surface area (Å²) in [6.07, 6.45) is 0.553. The number of rotatable bonds is 4. The van der Waals surface area contributed by atoms with E-state index in [1.54, 1.807) is 6.07 Å². The van der Waals surface area contributed by atoms with Gasteiger partial charge in [0.15, 0.2) is 0 Å². The molecule has 19 heavy (non-hydrogen) atoms. The summed E-state index contributed by atoms with van der Waals surface area (Å²) in [5.74, 6) is -0.0186. The van der Waals surface area contributed by atoms with E-state index in [1.165, 1.54) is 12.1 Å². The van der Waals surface area contributed by atoms with Gasteiger partial charge >= 0.3 is 0 Å². The number of thioether (sulfide) groups is 1. The van der Waals surface area contributed by atoms with Crippen LogP contribution in [0, 0.1) is 5.82 Å². The van der Waals surface area contributed by atoms with Gasteiger partial charge in [0.1, 0.15) is 11.9 Å². The Labute approximate surface area is 115 Å². The third kappa shape index (κ3) is 3.96. The molecule has 1 aliphatic heterocycles. The fraction of sp³-hybridized carbons (Fsp3) is 0.385.